The number of amides is 2. The van der Waals surface area contributed by atoms with E-state index in [0.717, 1.165) is 36.0 Å². The van der Waals surface area contributed by atoms with Crippen LogP contribution in [0.1, 0.15) is 52.2 Å². The van der Waals surface area contributed by atoms with E-state index in [1.165, 1.54) is 0 Å². The molecule has 33 heavy (non-hydrogen) atoms. The third-order valence-corrected chi connectivity index (χ3v) is 7.98. The predicted octanol–water partition coefficient (Wildman–Crippen LogP) is 6.01. The van der Waals surface area contributed by atoms with E-state index in [1.54, 1.807) is 18.2 Å². The molecule has 0 aliphatic heterocycles. The van der Waals surface area contributed by atoms with Crippen molar-refractivity contribution in [1.29, 1.82) is 0 Å². The number of carbonyl (C=O) groups excluding carboxylic acids is 2. The van der Waals surface area contributed by atoms with Crippen molar-refractivity contribution in [2.45, 2.75) is 49.4 Å². The zero-order chi connectivity index (χ0) is 23.9. The van der Waals surface area contributed by atoms with Crippen LogP contribution in [0.4, 0.5) is 5.69 Å². The summed E-state index contributed by atoms with van der Waals surface area (Å²) in [6, 6.07) is 10.8. The summed E-state index contributed by atoms with van der Waals surface area (Å²) >= 11 is 19.3. The molecule has 4 rings (SSSR count). The third-order valence-electron chi connectivity index (χ3n) is 6.71. The summed E-state index contributed by atoms with van der Waals surface area (Å²) in [5, 5.41) is 6.14. The highest BCUT2D eigenvalue weighted by Crippen LogP contribution is 2.65. The maximum Gasteiger partial charge on any atom is 0.253 e. The molecule has 2 aliphatic carbocycles. The van der Waals surface area contributed by atoms with Crippen LogP contribution < -0.4 is 10.6 Å². The Hall–Kier alpha value is -2.19. The summed E-state index contributed by atoms with van der Waals surface area (Å²) in [5.74, 6) is 1.44. The van der Waals surface area contributed by atoms with Crippen LogP contribution in [0.2, 0.25) is 5.02 Å². The number of hydrogen-bond acceptors (Lipinski definition) is 2. The van der Waals surface area contributed by atoms with Crippen molar-refractivity contribution in [2.75, 3.05) is 5.32 Å². The topological polar surface area (TPSA) is 58.2 Å². The van der Waals surface area contributed by atoms with Gasteiger partial charge in [0.25, 0.3) is 5.91 Å². The third kappa shape index (κ3) is 4.87. The van der Waals surface area contributed by atoms with Gasteiger partial charge in [0.1, 0.15) is 4.33 Å². The van der Waals surface area contributed by atoms with Gasteiger partial charge in [0.15, 0.2) is 0 Å². The average molecular weight is 504 g/mol. The van der Waals surface area contributed by atoms with Crippen molar-refractivity contribution in [1.82, 2.24) is 5.32 Å². The number of anilines is 1. The maximum atomic E-state index is 13.0. The number of halogens is 3. The summed E-state index contributed by atoms with van der Waals surface area (Å²) in [6.45, 7) is 4.04. The number of rotatable bonds is 5. The molecule has 2 aliphatic rings. The fourth-order valence-corrected chi connectivity index (χ4v) is 5.58. The first-order valence-corrected chi connectivity index (χ1v) is 12.1. The Balaban J connectivity index is 1.46. The lowest BCUT2D eigenvalue weighted by molar-refractivity contribution is -0.117. The molecule has 4 nitrogen and oxygen atoms in total. The first-order chi connectivity index (χ1) is 15.6. The van der Waals surface area contributed by atoms with Gasteiger partial charge in [0, 0.05) is 23.6 Å². The molecule has 4 unspecified atom stereocenters. The summed E-state index contributed by atoms with van der Waals surface area (Å²) < 4.78 is -1.19. The van der Waals surface area contributed by atoms with Gasteiger partial charge in [-0.25, -0.2) is 0 Å². The number of benzene rings is 2. The molecule has 2 fully saturated rings. The standard InChI is InChI=1S/C26H25Cl3N2O2/c1-4-16-6-8-18(12-16)30-24(32)20-13-19(9-10-21(20)27)31-25(33)23-22(26(23,28)29)17-7-5-14(2)15(3)11-17/h1,5,7,9-11,13,16,18,22-23H,6,8,12H2,2-3H3,(H,30,32)(H,31,33). The van der Waals surface area contributed by atoms with Crippen molar-refractivity contribution in [3.8, 4) is 12.3 Å². The summed E-state index contributed by atoms with van der Waals surface area (Å²) in [7, 11) is 0. The normalized spacial score (nSPS) is 25.2. The molecule has 0 heterocycles. The molecule has 2 amide bonds. The fraction of sp³-hybridized carbons (Fsp3) is 0.385. The molecular weight excluding hydrogens is 479 g/mol. The van der Waals surface area contributed by atoms with Crippen LogP contribution in [0, 0.1) is 38.0 Å². The molecule has 2 N–H and O–H groups in total. The summed E-state index contributed by atoms with van der Waals surface area (Å²) in [4.78, 5) is 25.8. The lowest BCUT2D eigenvalue weighted by Gasteiger charge is -2.14. The second-order valence-corrected chi connectivity index (χ2v) is 10.9. The van der Waals surface area contributed by atoms with E-state index in [2.05, 4.69) is 16.6 Å². The van der Waals surface area contributed by atoms with Crippen LogP contribution in [0.25, 0.3) is 0 Å². The average Bonchev–Trinajstić information content (AvgIpc) is 3.10. The van der Waals surface area contributed by atoms with E-state index >= 15 is 0 Å². The molecule has 2 saturated carbocycles. The molecule has 0 spiro atoms. The quantitative estimate of drug-likeness (QED) is 0.387. The van der Waals surface area contributed by atoms with Gasteiger partial charge < -0.3 is 10.6 Å². The van der Waals surface area contributed by atoms with E-state index in [1.807, 2.05) is 32.0 Å². The van der Waals surface area contributed by atoms with Crippen LogP contribution in [0.15, 0.2) is 36.4 Å². The zero-order valence-corrected chi connectivity index (χ0v) is 20.7. The Labute approximate surface area is 209 Å². The van der Waals surface area contributed by atoms with Gasteiger partial charge >= 0.3 is 0 Å². The Morgan fingerprint density at radius 1 is 1.09 bits per heavy atom. The van der Waals surface area contributed by atoms with Gasteiger partial charge in [-0.1, -0.05) is 29.8 Å². The molecule has 0 bridgehead atoms. The number of hydrogen-bond donors (Lipinski definition) is 2. The molecule has 0 aromatic heterocycles. The second kappa shape index (κ2) is 9.22. The van der Waals surface area contributed by atoms with E-state index in [9.17, 15) is 9.59 Å². The van der Waals surface area contributed by atoms with Gasteiger partial charge in [-0.3, -0.25) is 9.59 Å². The predicted molar refractivity (Wildman–Crippen MR) is 134 cm³/mol. The molecule has 7 heteroatoms. The Kier molecular flexibility index (Phi) is 6.69. The number of alkyl halides is 2. The van der Waals surface area contributed by atoms with Gasteiger partial charge in [0.05, 0.1) is 16.5 Å². The molecular formula is C26H25Cl3N2O2. The molecule has 2 aromatic carbocycles. The van der Waals surface area contributed by atoms with Crippen LogP contribution in [-0.2, 0) is 4.79 Å². The first-order valence-electron chi connectivity index (χ1n) is 10.9. The summed E-state index contributed by atoms with van der Waals surface area (Å²) in [5.41, 5.74) is 3.96. The smallest absolute Gasteiger partial charge is 0.253 e. The van der Waals surface area contributed by atoms with E-state index in [4.69, 9.17) is 41.2 Å². The van der Waals surface area contributed by atoms with E-state index < -0.39 is 10.3 Å². The minimum atomic E-state index is -1.19. The summed E-state index contributed by atoms with van der Waals surface area (Å²) in [6.07, 6.45) is 7.98. The van der Waals surface area contributed by atoms with Gasteiger partial charge in [0.2, 0.25) is 5.91 Å². The number of terminal acetylenes is 1. The maximum absolute atomic E-state index is 13.0. The number of nitrogens with one attached hydrogen (secondary N) is 2. The van der Waals surface area contributed by atoms with Crippen LogP contribution in [0.5, 0.6) is 0 Å². The lowest BCUT2D eigenvalue weighted by Crippen LogP contribution is -2.33. The lowest BCUT2D eigenvalue weighted by atomic mass is 10.0. The Bertz CT molecular complexity index is 1150. The van der Waals surface area contributed by atoms with Crippen LogP contribution >= 0.6 is 34.8 Å². The molecule has 0 saturated heterocycles. The fourth-order valence-electron chi connectivity index (χ4n) is 4.55. The van der Waals surface area contributed by atoms with Crippen molar-refractivity contribution in [3.63, 3.8) is 0 Å². The Morgan fingerprint density at radius 2 is 1.85 bits per heavy atom. The van der Waals surface area contributed by atoms with Crippen molar-refractivity contribution in [3.05, 3.63) is 63.7 Å². The molecule has 172 valence electrons. The monoisotopic (exact) mass is 502 g/mol. The number of carbonyl (C=O) groups is 2. The first kappa shape index (κ1) is 24.0. The molecule has 2 aromatic rings. The van der Waals surface area contributed by atoms with Gasteiger partial charge in [-0.2, -0.15) is 0 Å². The Morgan fingerprint density at radius 3 is 2.52 bits per heavy atom. The van der Waals surface area contributed by atoms with Crippen molar-refractivity contribution >= 4 is 52.3 Å². The van der Waals surface area contributed by atoms with Crippen LogP contribution in [0.3, 0.4) is 0 Å². The largest absolute Gasteiger partial charge is 0.349 e. The van der Waals surface area contributed by atoms with E-state index in [-0.39, 0.29) is 29.7 Å². The minimum absolute atomic E-state index is 0.0196. The zero-order valence-electron chi connectivity index (χ0n) is 18.4. The van der Waals surface area contributed by atoms with Gasteiger partial charge in [-0.15, -0.1) is 35.5 Å². The van der Waals surface area contributed by atoms with Gasteiger partial charge in [-0.05, 0) is 68.0 Å². The van der Waals surface area contributed by atoms with Crippen molar-refractivity contribution < 1.29 is 9.59 Å². The highest BCUT2D eigenvalue weighted by molar-refractivity contribution is 6.53. The minimum Gasteiger partial charge on any atom is -0.349 e. The molecule has 4 atom stereocenters. The SMILES string of the molecule is C#CC1CCC(NC(=O)c2cc(NC(=O)C3C(c4ccc(C)c(C)c4)C3(Cl)Cl)ccc2Cl)C1. The second-order valence-electron chi connectivity index (χ2n) is 9.00. The van der Waals surface area contributed by atoms with Crippen molar-refractivity contribution in [2.24, 2.45) is 11.8 Å². The number of aryl methyl sites for hydroxylation is 2. The highest BCUT2D eigenvalue weighted by Gasteiger charge is 2.67. The van der Waals surface area contributed by atoms with E-state index in [0.29, 0.717) is 16.3 Å². The molecule has 0 radical (unpaired) electrons. The van der Waals surface area contributed by atoms with Crippen LogP contribution in [-0.4, -0.2) is 22.2 Å². The highest BCUT2D eigenvalue weighted by atomic mass is 35.5.